The van der Waals surface area contributed by atoms with Gasteiger partial charge in [0.25, 0.3) is 5.91 Å². The van der Waals surface area contributed by atoms with Gasteiger partial charge in [-0.05, 0) is 0 Å². The summed E-state index contributed by atoms with van der Waals surface area (Å²) < 4.78 is 0.489. The van der Waals surface area contributed by atoms with Crippen LogP contribution in [-0.4, -0.2) is 20.2 Å². The number of carbonyl (C=O) groups excluding carboxylic acids is 1. The maximum atomic E-state index is 11.2. The van der Waals surface area contributed by atoms with Crippen molar-refractivity contribution in [2.45, 2.75) is 0 Å². The molecule has 13 heavy (non-hydrogen) atoms. The highest BCUT2D eigenvalue weighted by molar-refractivity contribution is 8.26. The molecule has 2 heterocycles. The normalized spacial score (nSPS) is 19.5. The Morgan fingerprint density at radius 1 is 1.62 bits per heavy atom. The average molecular weight is 211 g/mol. The number of aromatic amines is 1. The molecule has 6 heteroatoms. The molecule has 1 saturated heterocycles. The fraction of sp³-hybridized carbons (Fsp3) is 0. The van der Waals surface area contributed by atoms with Crippen LogP contribution in [0.1, 0.15) is 5.82 Å². The van der Waals surface area contributed by atoms with Gasteiger partial charge in [-0.3, -0.25) is 4.79 Å². The van der Waals surface area contributed by atoms with E-state index in [9.17, 15) is 4.79 Å². The minimum atomic E-state index is -0.161. The van der Waals surface area contributed by atoms with Gasteiger partial charge in [-0.1, -0.05) is 24.0 Å². The molecule has 0 saturated carbocycles. The van der Waals surface area contributed by atoms with Crippen LogP contribution in [-0.2, 0) is 4.79 Å². The number of imidazole rings is 1. The zero-order valence-electron chi connectivity index (χ0n) is 6.40. The average Bonchev–Trinajstić information content (AvgIpc) is 2.63. The van der Waals surface area contributed by atoms with Gasteiger partial charge in [-0.25, -0.2) is 4.98 Å². The third kappa shape index (κ3) is 1.78. The monoisotopic (exact) mass is 211 g/mol. The number of nitrogens with one attached hydrogen (secondary N) is 2. The van der Waals surface area contributed by atoms with Gasteiger partial charge < -0.3 is 10.3 Å². The first-order chi connectivity index (χ1) is 6.25. The summed E-state index contributed by atoms with van der Waals surface area (Å²) in [4.78, 5) is 18.6. The SMILES string of the molecule is O=C1NC(=S)S/C1=C\c1ncc[nH]1. The van der Waals surface area contributed by atoms with Crippen molar-refractivity contribution in [3.63, 3.8) is 0 Å². The molecular weight excluding hydrogens is 206 g/mol. The van der Waals surface area contributed by atoms with Gasteiger partial charge >= 0.3 is 0 Å². The number of thiocarbonyl (C=S) groups is 1. The van der Waals surface area contributed by atoms with E-state index in [4.69, 9.17) is 12.2 Å². The molecule has 66 valence electrons. The van der Waals surface area contributed by atoms with Gasteiger partial charge in [-0.2, -0.15) is 0 Å². The molecule has 0 spiro atoms. The highest BCUT2D eigenvalue weighted by atomic mass is 32.2. The summed E-state index contributed by atoms with van der Waals surface area (Å²) in [6, 6.07) is 0. The molecule has 1 fully saturated rings. The second-order valence-electron chi connectivity index (χ2n) is 2.33. The van der Waals surface area contributed by atoms with E-state index in [2.05, 4.69) is 15.3 Å². The van der Waals surface area contributed by atoms with Crippen LogP contribution in [0.5, 0.6) is 0 Å². The number of hydrogen-bond donors (Lipinski definition) is 2. The van der Waals surface area contributed by atoms with Crippen LogP contribution >= 0.6 is 24.0 Å². The second-order valence-corrected chi connectivity index (χ2v) is 4.05. The van der Waals surface area contributed by atoms with Crippen molar-refractivity contribution in [3.05, 3.63) is 23.1 Å². The number of carbonyl (C=O) groups is 1. The van der Waals surface area contributed by atoms with E-state index in [-0.39, 0.29) is 5.91 Å². The van der Waals surface area contributed by atoms with Gasteiger partial charge in [0.05, 0.1) is 4.91 Å². The Bertz CT molecular complexity index is 382. The lowest BCUT2D eigenvalue weighted by atomic mass is 10.4. The maximum absolute atomic E-state index is 11.2. The Morgan fingerprint density at radius 3 is 3.00 bits per heavy atom. The van der Waals surface area contributed by atoms with Crippen molar-refractivity contribution in [2.24, 2.45) is 0 Å². The minimum Gasteiger partial charge on any atom is -0.345 e. The Balaban J connectivity index is 2.27. The molecule has 0 bridgehead atoms. The first-order valence-electron chi connectivity index (χ1n) is 3.50. The summed E-state index contributed by atoms with van der Waals surface area (Å²) >= 11 is 6.07. The fourth-order valence-electron chi connectivity index (χ4n) is 0.902. The molecule has 0 aliphatic carbocycles. The lowest BCUT2D eigenvalue weighted by molar-refractivity contribution is -0.115. The summed E-state index contributed by atoms with van der Waals surface area (Å²) in [6.45, 7) is 0. The number of nitrogens with zero attached hydrogens (tertiary/aromatic N) is 1. The predicted molar refractivity (Wildman–Crippen MR) is 54.9 cm³/mol. The fourth-order valence-corrected chi connectivity index (χ4v) is 1.92. The largest absolute Gasteiger partial charge is 0.345 e. The van der Waals surface area contributed by atoms with Gasteiger partial charge in [0, 0.05) is 18.5 Å². The maximum Gasteiger partial charge on any atom is 0.263 e. The first kappa shape index (κ1) is 8.46. The van der Waals surface area contributed by atoms with Crippen LogP contribution in [0.25, 0.3) is 6.08 Å². The Hall–Kier alpha value is -1.14. The van der Waals surface area contributed by atoms with Gasteiger partial charge in [0.2, 0.25) is 0 Å². The van der Waals surface area contributed by atoms with Crippen molar-refractivity contribution in [1.29, 1.82) is 0 Å². The van der Waals surface area contributed by atoms with E-state index in [0.717, 1.165) is 0 Å². The molecule has 1 amide bonds. The van der Waals surface area contributed by atoms with Gasteiger partial charge in [0.1, 0.15) is 10.1 Å². The van der Waals surface area contributed by atoms with Crippen LogP contribution in [0.4, 0.5) is 0 Å². The van der Waals surface area contributed by atoms with Crippen LogP contribution in [0.2, 0.25) is 0 Å². The molecule has 2 N–H and O–H groups in total. The molecule has 2 rings (SSSR count). The van der Waals surface area contributed by atoms with E-state index in [1.54, 1.807) is 18.5 Å². The number of thioether (sulfide) groups is 1. The number of aromatic nitrogens is 2. The minimum absolute atomic E-state index is 0.161. The lowest BCUT2D eigenvalue weighted by Crippen LogP contribution is -2.17. The standard InChI is InChI=1S/C7H5N3OS2/c11-6-4(13-7(12)10-6)3-5-8-1-2-9-5/h1-3H,(H,8,9)(H,10,11,12)/b4-3-. The predicted octanol–water partition coefficient (Wildman–Crippen LogP) is 0.898. The molecule has 0 radical (unpaired) electrons. The van der Waals surface area contributed by atoms with Crippen molar-refractivity contribution >= 4 is 40.3 Å². The summed E-state index contributed by atoms with van der Waals surface area (Å²) in [5.74, 6) is 0.494. The Labute approximate surface area is 83.8 Å². The number of hydrogen-bond acceptors (Lipinski definition) is 4. The quantitative estimate of drug-likeness (QED) is 0.535. The molecule has 0 aromatic carbocycles. The van der Waals surface area contributed by atoms with Gasteiger partial charge in [-0.15, -0.1) is 0 Å². The highest BCUT2D eigenvalue weighted by Crippen LogP contribution is 2.24. The summed E-state index contributed by atoms with van der Waals surface area (Å²) in [5, 5.41) is 2.52. The zero-order valence-corrected chi connectivity index (χ0v) is 8.04. The summed E-state index contributed by atoms with van der Waals surface area (Å²) in [7, 11) is 0. The molecular formula is C7H5N3OS2. The van der Waals surface area contributed by atoms with Crippen LogP contribution in [0.3, 0.4) is 0 Å². The molecule has 0 unspecified atom stereocenters. The van der Waals surface area contributed by atoms with E-state index < -0.39 is 0 Å². The van der Waals surface area contributed by atoms with E-state index in [1.165, 1.54) is 11.8 Å². The van der Waals surface area contributed by atoms with E-state index in [0.29, 0.717) is 15.1 Å². The van der Waals surface area contributed by atoms with E-state index >= 15 is 0 Å². The summed E-state index contributed by atoms with van der Waals surface area (Å²) in [5.41, 5.74) is 0. The molecule has 1 aliphatic rings. The third-order valence-corrected chi connectivity index (χ3v) is 2.59. The molecule has 4 nitrogen and oxygen atoms in total. The molecule has 1 aliphatic heterocycles. The number of amides is 1. The van der Waals surface area contributed by atoms with Crippen molar-refractivity contribution < 1.29 is 4.79 Å². The molecule has 1 aromatic heterocycles. The molecule has 1 aromatic rings. The van der Waals surface area contributed by atoms with Crippen molar-refractivity contribution in [3.8, 4) is 0 Å². The van der Waals surface area contributed by atoms with Crippen molar-refractivity contribution in [2.75, 3.05) is 0 Å². The van der Waals surface area contributed by atoms with Crippen LogP contribution < -0.4 is 5.32 Å². The zero-order chi connectivity index (χ0) is 9.26. The smallest absolute Gasteiger partial charge is 0.263 e. The van der Waals surface area contributed by atoms with Crippen LogP contribution in [0.15, 0.2) is 17.3 Å². The van der Waals surface area contributed by atoms with Crippen LogP contribution in [0, 0.1) is 0 Å². The van der Waals surface area contributed by atoms with Gasteiger partial charge in [0.15, 0.2) is 0 Å². The summed E-state index contributed by atoms with van der Waals surface area (Å²) in [6.07, 6.45) is 4.99. The number of rotatable bonds is 1. The highest BCUT2D eigenvalue weighted by Gasteiger charge is 2.22. The topological polar surface area (TPSA) is 57.8 Å². The third-order valence-electron chi connectivity index (χ3n) is 1.43. The first-order valence-corrected chi connectivity index (χ1v) is 4.72. The number of H-pyrrole nitrogens is 1. The Morgan fingerprint density at radius 2 is 2.46 bits per heavy atom. The van der Waals surface area contributed by atoms with E-state index in [1.807, 2.05) is 0 Å². The lowest BCUT2D eigenvalue weighted by Gasteiger charge is -1.87. The Kier molecular flexibility index (Phi) is 2.15. The van der Waals surface area contributed by atoms with Crippen molar-refractivity contribution in [1.82, 2.24) is 15.3 Å². The second kappa shape index (κ2) is 3.31. The molecule has 0 atom stereocenters.